The summed E-state index contributed by atoms with van der Waals surface area (Å²) in [5.74, 6) is -0.0235. The van der Waals surface area contributed by atoms with E-state index in [0.29, 0.717) is 22.5 Å². The number of nitrogens with zero attached hydrogens (tertiary/aromatic N) is 3. The molecule has 0 saturated carbocycles. The molecule has 0 saturated heterocycles. The first-order chi connectivity index (χ1) is 11.1. The van der Waals surface area contributed by atoms with Gasteiger partial charge < -0.3 is 14.4 Å². The largest absolute Gasteiger partial charge is 0.545 e. The molecule has 0 amide bonds. The maximum Gasteiger partial charge on any atom is 0.237 e. The lowest BCUT2D eigenvalue weighted by Gasteiger charge is -2.06. The summed E-state index contributed by atoms with van der Waals surface area (Å²) in [6.07, 6.45) is 1.53. The molecule has 0 N–H and O–H groups in total. The third-order valence-electron chi connectivity index (χ3n) is 3.10. The quantitative estimate of drug-likeness (QED) is 0.663. The molecule has 2 aromatic heterocycles. The number of rotatable bonds is 5. The van der Waals surface area contributed by atoms with Crippen LogP contribution in [0.1, 0.15) is 21.8 Å². The van der Waals surface area contributed by atoms with Crippen LogP contribution in [0, 0.1) is 6.92 Å². The highest BCUT2D eigenvalue weighted by Crippen LogP contribution is 2.24. The van der Waals surface area contributed by atoms with Gasteiger partial charge in [0.15, 0.2) is 0 Å². The van der Waals surface area contributed by atoms with Crippen LogP contribution in [0.25, 0.3) is 11.4 Å². The van der Waals surface area contributed by atoms with Crippen LogP contribution < -0.4 is 5.11 Å². The topological polar surface area (TPSA) is 91.9 Å². The number of carboxylic acids is 1. The lowest BCUT2D eigenvalue weighted by molar-refractivity contribution is -0.255. The van der Waals surface area contributed by atoms with E-state index in [4.69, 9.17) is 4.52 Å². The molecule has 0 aliphatic heterocycles. The first kappa shape index (κ1) is 15.2. The number of carboxylic acid groups (broad SMARTS) is 1. The van der Waals surface area contributed by atoms with Gasteiger partial charge in [0.05, 0.1) is 11.7 Å². The highest BCUT2D eigenvalue weighted by atomic mass is 32.2. The maximum absolute atomic E-state index is 11.0. The highest BCUT2D eigenvalue weighted by Gasteiger charge is 2.11. The number of aryl methyl sites for hydroxylation is 1. The average Bonchev–Trinajstić information content (AvgIpc) is 3.03. The summed E-state index contributed by atoms with van der Waals surface area (Å²) < 4.78 is 5.20. The van der Waals surface area contributed by atoms with Gasteiger partial charge in [0.25, 0.3) is 0 Å². The Bertz CT molecular complexity index is 831. The van der Waals surface area contributed by atoms with Crippen LogP contribution in [-0.2, 0) is 5.75 Å². The van der Waals surface area contributed by atoms with E-state index in [1.54, 1.807) is 6.07 Å². The second kappa shape index (κ2) is 6.62. The van der Waals surface area contributed by atoms with Crippen molar-refractivity contribution in [2.24, 2.45) is 0 Å². The molecular formula is C16H12N3O3S-. The van der Waals surface area contributed by atoms with Gasteiger partial charge in [0.1, 0.15) is 5.03 Å². The molecule has 3 rings (SSSR count). The summed E-state index contributed by atoms with van der Waals surface area (Å²) >= 11 is 1.21. The molecule has 0 unspecified atom stereocenters. The molecule has 3 aromatic rings. The van der Waals surface area contributed by atoms with E-state index in [1.165, 1.54) is 24.0 Å². The Kier molecular flexibility index (Phi) is 4.38. The van der Waals surface area contributed by atoms with Crippen molar-refractivity contribution >= 4 is 17.7 Å². The summed E-state index contributed by atoms with van der Waals surface area (Å²) in [5, 5.41) is 15.3. The predicted molar refractivity (Wildman–Crippen MR) is 82.6 cm³/mol. The number of thioether (sulfide) groups is 1. The van der Waals surface area contributed by atoms with Gasteiger partial charge in [0.2, 0.25) is 11.7 Å². The van der Waals surface area contributed by atoms with Gasteiger partial charge in [-0.15, -0.1) is 0 Å². The Morgan fingerprint density at radius 3 is 2.78 bits per heavy atom. The second-order valence-corrected chi connectivity index (χ2v) is 5.77. The minimum absolute atomic E-state index is 0.0516. The first-order valence-corrected chi connectivity index (χ1v) is 7.81. The van der Waals surface area contributed by atoms with Crippen LogP contribution >= 0.6 is 11.8 Å². The number of pyridine rings is 1. The summed E-state index contributed by atoms with van der Waals surface area (Å²) in [7, 11) is 0. The molecule has 0 aliphatic carbocycles. The monoisotopic (exact) mass is 326 g/mol. The Labute approximate surface area is 136 Å². The summed E-state index contributed by atoms with van der Waals surface area (Å²) in [6.45, 7) is 2.00. The van der Waals surface area contributed by atoms with Crippen LogP contribution in [-0.4, -0.2) is 21.1 Å². The summed E-state index contributed by atoms with van der Waals surface area (Å²) in [4.78, 5) is 19.4. The Morgan fingerprint density at radius 2 is 2.04 bits per heavy atom. The number of benzene rings is 1. The Hall–Kier alpha value is -2.67. The van der Waals surface area contributed by atoms with E-state index >= 15 is 0 Å². The molecule has 0 spiro atoms. The minimum Gasteiger partial charge on any atom is -0.545 e. The Balaban J connectivity index is 1.73. The van der Waals surface area contributed by atoms with Crippen LogP contribution in [0.3, 0.4) is 0 Å². The van der Waals surface area contributed by atoms with E-state index in [-0.39, 0.29) is 5.56 Å². The molecular weight excluding hydrogens is 314 g/mol. The summed E-state index contributed by atoms with van der Waals surface area (Å²) in [6, 6.07) is 10.8. The Morgan fingerprint density at radius 1 is 1.26 bits per heavy atom. The van der Waals surface area contributed by atoms with Gasteiger partial charge in [-0.2, -0.15) is 4.98 Å². The van der Waals surface area contributed by atoms with Gasteiger partial charge in [-0.25, -0.2) is 4.98 Å². The van der Waals surface area contributed by atoms with E-state index in [0.717, 1.165) is 11.1 Å². The van der Waals surface area contributed by atoms with Crippen LogP contribution in [0.15, 0.2) is 52.1 Å². The average molecular weight is 326 g/mol. The van der Waals surface area contributed by atoms with Crippen molar-refractivity contribution < 1.29 is 14.4 Å². The molecule has 116 valence electrons. The van der Waals surface area contributed by atoms with Crippen molar-refractivity contribution in [3.8, 4) is 11.4 Å². The zero-order chi connectivity index (χ0) is 16.2. The fourth-order valence-corrected chi connectivity index (χ4v) is 2.74. The van der Waals surface area contributed by atoms with Gasteiger partial charge in [0, 0.05) is 17.3 Å². The third kappa shape index (κ3) is 3.57. The highest BCUT2D eigenvalue weighted by molar-refractivity contribution is 7.98. The lowest BCUT2D eigenvalue weighted by Crippen LogP contribution is -2.23. The number of carbonyl (C=O) groups excluding carboxylic acids is 1. The molecule has 7 heteroatoms. The molecule has 6 nitrogen and oxygen atoms in total. The molecule has 0 radical (unpaired) electrons. The zero-order valence-corrected chi connectivity index (χ0v) is 13.0. The number of hydrogen-bond donors (Lipinski definition) is 0. The fraction of sp³-hybridized carbons (Fsp3) is 0.125. The van der Waals surface area contributed by atoms with Crippen molar-refractivity contribution in [2.75, 3.05) is 0 Å². The van der Waals surface area contributed by atoms with Crippen molar-refractivity contribution in [2.45, 2.75) is 17.7 Å². The van der Waals surface area contributed by atoms with Crippen molar-refractivity contribution in [3.63, 3.8) is 0 Å². The zero-order valence-electron chi connectivity index (χ0n) is 12.2. The lowest BCUT2D eigenvalue weighted by atomic mass is 10.1. The molecule has 0 atom stereocenters. The van der Waals surface area contributed by atoms with E-state index < -0.39 is 5.97 Å². The van der Waals surface area contributed by atoms with Crippen molar-refractivity contribution in [1.82, 2.24) is 15.1 Å². The second-order valence-electron chi connectivity index (χ2n) is 4.81. The third-order valence-corrected chi connectivity index (χ3v) is 4.09. The number of carbonyl (C=O) groups is 1. The van der Waals surface area contributed by atoms with Gasteiger partial charge >= 0.3 is 0 Å². The molecule has 0 bridgehead atoms. The molecule has 0 fully saturated rings. The minimum atomic E-state index is -1.26. The normalized spacial score (nSPS) is 10.7. The first-order valence-electron chi connectivity index (χ1n) is 6.82. The van der Waals surface area contributed by atoms with Gasteiger partial charge in [-0.1, -0.05) is 46.7 Å². The number of aromatic carboxylic acids is 1. The van der Waals surface area contributed by atoms with Gasteiger partial charge in [-0.05, 0) is 19.1 Å². The SMILES string of the molecule is Cc1ccc(-c2noc(CSc3ncccc3C(=O)[O-])n2)cc1. The maximum atomic E-state index is 11.0. The van der Waals surface area contributed by atoms with E-state index in [1.807, 2.05) is 31.2 Å². The van der Waals surface area contributed by atoms with E-state index in [9.17, 15) is 9.90 Å². The molecule has 2 heterocycles. The summed E-state index contributed by atoms with van der Waals surface area (Å²) in [5.41, 5.74) is 2.07. The number of aromatic nitrogens is 3. The van der Waals surface area contributed by atoms with Crippen LogP contribution in [0.5, 0.6) is 0 Å². The smallest absolute Gasteiger partial charge is 0.237 e. The van der Waals surface area contributed by atoms with Gasteiger partial charge in [-0.3, -0.25) is 0 Å². The van der Waals surface area contributed by atoms with Crippen LogP contribution in [0.2, 0.25) is 0 Å². The fourth-order valence-electron chi connectivity index (χ4n) is 1.92. The predicted octanol–water partition coefficient (Wildman–Crippen LogP) is 2.10. The van der Waals surface area contributed by atoms with Crippen LogP contribution in [0.4, 0.5) is 0 Å². The molecule has 0 aliphatic rings. The number of hydrogen-bond acceptors (Lipinski definition) is 7. The standard InChI is InChI=1S/C16H13N3O3S/c1-10-4-6-11(7-5-10)14-18-13(22-19-14)9-23-15-12(16(20)21)3-2-8-17-15/h2-8H,9H2,1H3,(H,20,21)/p-1. The van der Waals surface area contributed by atoms with Crippen molar-refractivity contribution in [1.29, 1.82) is 0 Å². The molecule has 1 aromatic carbocycles. The van der Waals surface area contributed by atoms with E-state index in [2.05, 4.69) is 15.1 Å². The molecule has 23 heavy (non-hydrogen) atoms. The van der Waals surface area contributed by atoms with Crippen molar-refractivity contribution in [3.05, 3.63) is 59.6 Å².